The number of amidine groups is 1. The minimum absolute atomic E-state index is 0.212. The molecule has 1 rings (SSSR count). The summed E-state index contributed by atoms with van der Waals surface area (Å²) in [5, 5.41) is 15.3. The Balaban J connectivity index is 2.11. The van der Waals surface area contributed by atoms with Crippen LogP contribution in [0.2, 0.25) is 0 Å². The van der Waals surface area contributed by atoms with Gasteiger partial charge in [-0.3, -0.25) is 0 Å². The van der Waals surface area contributed by atoms with E-state index >= 15 is 0 Å². The van der Waals surface area contributed by atoms with Gasteiger partial charge in [0.05, 0.1) is 0 Å². The number of nitrogens with two attached hydrogens (primary N) is 1. The normalized spacial score (nSPS) is 20.1. The van der Waals surface area contributed by atoms with Crippen molar-refractivity contribution in [3.8, 4) is 0 Å². The van der Waals surface area contributed by atoms with Gasteiger partial charge in [-0.25, -0.2) is 0 Å². The second kappa shape index (κ2) is 5.71. The minimum Gasteiger partial charge on any atom is -0.409 e. The summed E-state index contributed by atoms with van der Waals surface area (Å²) in [6.07, 6.45) is 6.09. The fourth-order valence-electron chi connectivity index (χ4n) is 2.27. The molecule has 4 N–H and O–H groups in total. The molecule has 0 atom stereocenters. The third-order valence-corrected chi connectivity index (χ3v) is 4.07. The Morgan fingerprint density at radius 2 is 2.12 bits per heavy atom. The SMILES string of the molecule is CC1(CNCCCC(C)(C)C(N)=NO)CCC1. The average molecular weight is 241 g/mol. The molecule has 1 aliphatic rings. The molecule has 0 aromatic heterocycles. The van der Waals surface area contributed by atoms with Crippen molar-refractivity contribution in [3.63, 3.8) is 0 Å². The van der Waals surface area contributed by atoms with E-state index in [0.29, 0.717) is 11.3 Å². The van der Waals surface area contributed by atoms with Crippen LogP contribution in [0, 0.1) is 10.8 Å². The number of oxime groups is 1. The molecule has 1 saturated carbocycles. The Kier molecular flexibility index (Phi) is 4.80. The summed E-state index contributed by atoms with van der Waals surface area (Å²) in [5.74, 6) is 0.323. The first-order valence-electron chi connectivity index (χ1n) is 6.58. The summed E-state index contributed by atoms with van der Waals surface area (Å²) in [5.41, 5.74) is 5.98. The van der Waals surface area contributed by atoms with Crippen LogP contribution in [0.4, 0.5) is 0 Å². The fourth-order valence-corrected chi connectivity index (χ4v) is 2.27. The van der Waals surface area contributed by atoms with E-state index in [-0.39, 0.29) is 5.41 Å². The second-order valence-corrected chi connectivity index (χ2v) is 6.31. The molecule has 0 unspecified atom stereocenters. The molecule has 1 aliphatic carbocycles. The second-order valence-electron chi connectivity index (χ2n) is 6.31. The van der Waals surface area contributed by atoms with Crippen LogP contribution >= 0.6 is 0 Å². The summed E-state index contributed by atoms with van der Waals surface area (Å²) in [7, 11) is 0. The van der Waals surface area contributed by atoms with Crippen LogP contribution in [0.5, 0.6) is 0 Å². The number of rotatable bonds is 7. The maximum absolute atomic E-state index is 8.67. The van der Waals surface area contributed by atoms with Crippen molar-refractivity contribution in [1.82, 2.24) is 5.32 Å². The van der Waals surface area contributed by atoms with Crippen LogP contribution < -0.4 is 11.1 Å². The fraction of sp³-hybridized carbons (Fsp3) is 0.923. The van der Waals surface area contributed by atoms with Crippen molar-refractivity contribution >= 4 is 5.84 Å². The summed E-state index contributed by atoms with van der Waals surface area (Å²) in [6, 6.07) is 0. The molecule has 17 heavy (non-hydrogen) atoms. The molecule has 0 amide bonds. The summed E-state index contributed by atoms with van der Waals surface area (Å²) in [6.45, 7) is 8.50. The van der Waals surface area contributed by atoms with Gasteiger partial charge >= 0.3 is 0 Å². The van der Waals surface area contributed by atoms with E-state index in [1.54, 1.807) is 0 Å². The predicted octanol–water partition coefficient (Wildman–Crippen LogP) is 2.32. The Bertz CT molecular complexity index is 270. The Morgan fingerprint density at radius 1 is 1.47 bits per heavy atom. The van der Waals surface area contributed by atoms with Gasteiger partial charge in [0, 0.05) is 12.0 Å². The third-order valence-electron chi connectivity index (χ3n) is 4.07. The van der Waals surface area contributed by atoms with Crippen molar-refractivity contribution in [2.45, 2.75) is 52.9 Å². The van der Waals surface area contributed by atoms with Crippen molar-refractivity contribution < 1.29 is 5.21 Å². The van der Waals surface area contributed by atoms with E-state index < -0.39 is 0 Å². The van der Waals surface area contributed by atoms with Crippen molar-refractivity contribution in [2.24, 2.45) is 21.7 Å². The minimum atomic E-state index is -0.212. The lowest BCUT2D eigenvalue weighted by Crippen LogP contribution is -2.38. The van der Waals surface area contributed by atoms with E-state index in [4.69, 9.17) is 10.9 Å². The van der Waals surface area contributed by atoms with Gasteiger partial charge in [-0.05, 0) is 37.6 Å². The van der Waals surface area contributed by atoms with Gasteiger partial charge in [-0.2, -0.15) is 0 Å². The number of nitrogens with zero attached hydrogens (tertiary/aromatic N) is 1. The number of nitrogens with one attached hydrogen (secondary N) is 1. The van der Waals surface area contributed by atoms with Crippen LogP contribution in [-0.4, -0.2) is 24.1 Å². The Hall–Kier alpha value is -0.770. The molecule has 4 heteroatoms. The zero-order valence-electron chi connectivity index (χ0n) is 11.4. The highest BCUT2D eigenvalue weighted by Gasteiger charge is 2.31. The van der Waals surface area contributed by atoms with Crippen LogP contribution in [-0.2, 0) is 0 Å². The zero-order chi connectivity index (χ0) is 12.9. The van der Waals surface area contributed by atoms with Crippen LogP contribution in [0.3, 0.4) is 0 Å². The number of hydrogen-bond donors (Lipinski definition) is 3. The smallest absolute Gasteiger partial charge is 0.144 e. The van der Waals surface area contributed by atoms with E-state index in [0.717, 1.165) is 25.9 Å². The van der Waals surface area contributed by atoms with Crippen molar-refractivity contribution in [2.75, 3.05) is 13.1 Å². The summed E-state index contributed by atoms with van der Waals surface area (Å²) < 4.78 is 0. The van der Waals surface area contributed by atoms with Crippen LogP contribution in [0.25, 0.3) is 0 Å². The third kappa shape index (κ3) is 4.19. The molecule has 0 aliphatic heterocycles. The standard InChI is InChI=1S/C13H27N3O/c1-12(2,11(14)16-17)6-5-9-15-10-13(3)7-4-8-13/h15,17H,4-10H2,1-3H3,(H2,14,16). The molecule has 1 fully saturated rings. The average Bonchev–Trinajstić information content (AvgIpc) is 2.24. The topological polar surface area (TPSA) is 70.6 Å². The first-order chi connectivity index (χ1) is 7.90. The lowest BCUT2D eigenvalue weighted by molar-refractivity contribution is 0.156. The van der Waals surface area contributed by atoms with E-state index in [2.05, 4.69) is 17.4 Å². The first-order valence-corrected chi connectivity index (χ1v) is 6.58. The largest absolute Gasteiger partial charge is 0.409 e. The molecule has 4 nitrogen and oxygen atoms in total. The molecule has 0 bridgehead atoms. The van der Waals surface area contributed by atoms with Gasteiger partial charge in [-0.1, -0.05) is 32.3 Å². The predicted molar refractivity (Wildman–Crippen MR) is 71.3 cm³/mol. The van der Waals surface area contributed by atoms with Crippen molar-refractivity contribution in [1.29, 1.82) is 0 Å². The lowest BCUT2D eigenvalue weighted by atomic mass is 9.70. The van der Waals surface area contributed by atoms with E-state index in [9.17, 15) is 0 Å². The first kappa shape index (κ1) is 14.3. The molecule has 0 saturated heterocycles. The Labute approximate surface area is 105 Å². The van der Waals surface area contributed by atoms with Crippen molar-refractivity contribution in [3.05, 3.63) is 0 Å². The summed E-state index contributed by atoms with van der Waals surface area (Å²) in [4.78, 5) is 0. The molecule has 100 valence electrons. The quantitative estimate of drug-likeness (QED) is 0.211. The summed E-state index contributed by atoms with van der Waals surface area (Å²) >= 11 is 0. The van der Waals surface area contributed by atoms with Gasteiger partial charge < -0.3 is 16.3 Å². The van der Waals surface area contributed by atoms with Gasteiger partial charge in [0.25, 0.3) is 0 Å². The van der Waals surface area contributed by atoms with Gasteiger partial charge in [0.2, 0.25) is 0 Å². The van der Waals surface area contributed by atoms with E-state index in [1.807, 2.05) is 13.8 Å². The molecule has 0 spiro atoms. The highest BCUT2D eigenvalue weighted by molar-refractivity contribution is 5.85. The zero-order valence-corrected chi connectivity index (χ0v) is 11.4. The van der Waals surface area contributed by atoms with Crippen LogP contribution in [0.1, 0.15) is 52.9 Å². The van der Waals surface area contributed by atoms with Gasteiger partial charge in [0.1, 0.15) is 5.84 Å². The molecule has 0 aromatic rings. The van der Waals surface area contributed by atoms with E-state index in [1.165, 1.54) is 19.3 Å². The maximum Gasteiger partial charge on any atom is 0.144 e. The maximum atomic E-state index is 8.67. The molecular weight excluding hydrogens is 214 g/mol. The lowest BCUT2D eigenvalue weighted by Gasteiger charge is -2.38. The highest BCUT2D eigenvalue weighted by Crippen LogP contribution is 2.39. The van der Waals surface area contributed by atoms with Gasteiger partial charge in [-0.15, -0.1) is 0 Å². The highest BCUT2D eigenvalue weighted by atomic mass is 16.4. The molecule has 0 radical (unpaired) electrons. The molecule has 0 heterocycles. The molecular formula is C13H27N3O. The molecule has 0 aromatic carbocycles. The number of hydrogen-bond acceptors (Lipinski definition) is 3. The van der Waals surface area contributed by atoms with Crippen LogP contribution in [0.15, 0.2) is 5.16 Å². The monoisotopic (exact) mass is 241 g/mol. The Morgan fingerprint density at radius 3 is 2.59 bits per heavy atom. The van der Waals surface area contributed by atoms with Gasteiger partial charge in [0.15, 0.2) is 0 Å².